The van der Waals surface area contributed by atoms with Crippen molar-refractivity contribution in [3.63, 3.8) is 0 Å². The number of nitrogens with zero attached hydrogens (tertiary/aromatic N) is 1. The molecule has 3 aliphatic heterocycles. The molecular formula is C50H64N2O12. The van der Waals surface area contributed by atoms with Gasteiger partial charge in [0.15, 0.2) is 6.29 Å². The summed E-state index contributed by atoms with van der Waals surface area (Å²) in [5.74, 6) is -2.45. The highest BCUT2D eigenvalue weighted by Gasteiger charge is 2.50. The van der Waals surface area contributed by atoms with Crippen molar-refractivity contribution in [2.75, 3.05) is 40.0 Å². The van der Waals surface area contributed by atoms with Crippen molar-refractivity contribution in [2.24, 2.45) is 11.8 Å². The molecule has 2 aromatic carbocycles. The lowest BCUT2D eigenvalue weighted by Gasteiger charge is -2.46. The SMILES string of the molecule is CCOC(=O)C1=C(C=O)C(=C2CC(CO)C(=O)C(c3ccc4[nH]ccc4c3)C2)c2c(c(CO)c3c(c2OC2CCCC(O)C2)CC(C(C)(O)C2CCN(CCCOC)C(CC)C2)O3)O1. The topological polar surface area (TPSA) is 197 Å². The molecule has 8 rings (SSSR count). The number of aldehydes is 1. The van der Waals surface area contributed by atoms with E-state index in [9.17, 15) is 34.8 Å². The number of aromatic nitrogens is 1. The standard InChI is InChI=1S/C50H64N2O12/c1-5-33-22-32(14-17-52(33)16-8-18-60-4)50(3,59)41-24-37-45(63-41)39(27-55)47-43(46(37)62-35-10-7-9-34(56)23-35)42(38(26-54)48(64-47)49(58)61-6-2)30-20-31(25-53)44(57)36(21-30)28-11-12-40-29(19-28)13-15-51-40/h11-13,15,19,26,31-36,41,51,53,55-56,59H,5-10,14,16-18,20-25,27H2,1-4H3. The number of allylic oxidation sites excluding steroid dienone is 3. The highest BCUT2D eigenvalue weighted by molar-refractivity contribution is 6.11. The van der Waals surface area contributed by atoms with Crippen LogP contribution in [0.2, 0.25) is 0 Å². The number of aromatic amines is 1. The van der Waals surface area contributed by atoms with Crippen molar-refractivity contribution in [1.29, 1.82) is 0 Å². The number of aliphatic hydroxyl groups excluding tert-OH is 3. The Hall–Kier alpha value is -4.57. The van der Waals surface area contributed by atoms with E-state index in [0.717, 1.165) is 55.2 Å². The maximum absolute atomic E-state index is 14.2. The van der Waals surface area contributed by atoms with Crippen LogP contribution in [-0.2, 0) is 36.9 Å². The highest BCUT2D eigenvalue weighted by atomic mass is 16.6. The Morgan fingerprint density at radius 2 is 1.91 bits per heavy atom. The van der Waals surface area contributed by atoms with Gasteiger partial charge in [0.2, 0.25) is 5.76 Å². The molecule has 1 aromatic heterocycles. The van der Waals surface area contributed by atoms with E-state index in [1.165, 1.54) is 0 Å². The molecule has 0 radical (unpaired) electrons. The minimum atomic E-state index is -1.33. The summed E-state index contributed by atoms with van der Waals surface area (Å²) in [7, 11) is 1.71. The van der Waals surface area contributed by atoms with E-state index in [1.54, 1.807) is 14.0 Å². The molecule has 14 heteroatoms. The number of benzene rings is 2. The summed E-state index contributed by atoms with van der Waals surface area (Å²) in [5, 5.41) is 46.5. The van der Waals surface area contributed by atoms with Gasteiger partial charge in [-0.05, 0) is 113 Å². The van der Waals surface area contributed by atoms with E-state index in [4.69, 9.17) is 23.7 Å². The monoisotopic (exact) mass is 884 g/mol. The van der Waals surface area contributed by atoms with Crippen LogP contribution in [-0.4, -0.2) is 118 Å². The van der Waals surface area contributed by atoms with Gasteiger partial charge in [-0.1, -0.05) is 18.6 Å². The molecule has 346 valence electrons. The Labute approximate surface area is 374 Å². The summed E-state index contributed by atoms with van der Waals surface area (Å²) in [6.07, 6.45) is 6.65. The van der Waals surface area contributed by atoms with E-state index in [0.29, 0.717) is 66.6 Å². The van der Waals surface area contributed by atoms with E-state index in [2.05, 4.69) is 16.8 Å². The molecule has 2 saturated carbocycles. The second-order valence-corrected chi connectivity index (χ2v) is 18.5. The van der Waals surface area contributed by atoms with Crippen molar-refractivity contribution in [3.8, 4) is 17.2 Å². The van der Waals surface area contributed by atoms with Gasteiger partial charge in [-0.3, -0.25) is 9.59 Å². The number of esters is 1. The Morgan fingerprint density at radius 3 is 2.62 bits per heavy atom. The molecule has 1 saturated heterocycles. The summed E-state index contributed by atoms with van der Waals surface area (Å²) in [4.78, 5) is 47.3. The van der Waals surface area contributed by atoms with Gasteiger partial charge in [0.1, 0.15) is 40.8 Å². The van der Waals surface area contributed by atoms with Gasteiger partial charge in [0.25, 0.3) is 0 Å². The molecule has 8 atom stereocenters. The van der Waals surface area contributed by atoms with Crippen LogP contribution in [0.1, 0.15) is 113 Å². The predicted molar refractivity (Wildman–Crippen MR) is 238 cm³/mol. The quantitative estimate of drug-likeness (QED) is 0.0694. The summed E-state index contributed by atoms with van der Waals surface area (Å²) in [6, 6.07) is 7.94. The molecule has 5 N–H and O–H groups in total. The number of ether oxygens (including phenoxy) is 5. The van der Waals surface area contributed by atoms with E-state index < -0.39 is 54.9 Å². The third kappa shape index (κ3) is 8.65. The zero-order chi connectivity index (χ0) is 45.3. The number of nitrogens with one attached hydrogen (secondary N) is 1. The fourth-order valence-electron chi connectivity index (χ4n) is 11.1. The first-order valence-corrected chi connectivity index (χ1v) is 23.2. The third-order valence-electron chi connectivity index (χ3n) is 14.6. The molecule has 8 unspecified atom stereocenters. The number of hydrogen-bond acceptors (Lipinski definition) is 13. The van der Waals surface area contributed by atoms with E-state index in [-0.39, 0.29) is 72.0 Å². The molecule has 4 heterocycles. The normalized spacial score (nSPS) is 28.2. The molecule has 2 aliphatic carbocycles. The molecular weight excluding hydrogens is 821 g/mol. The zero-order valence-corrected chi connectivity index (χ0v) is 37.5. The summed E-state index contributed by atoms with van der Waals surface area (Å²) >= 11 is 0. The Morgan fingerprint density at radius 1 is 1.08 bits per heavy atom. The number of fused-ring (bicyclic) bond motifs is 3. The smallest absolute Gasteiger partial charge is 0.375 e. The lowest BCUT2D eigenvalue weighted by molar-refractivity contribution is -0.141. The number of ketones is 1. The van der Waals surface area contributed by atoms with Gasteiger partial charge in [-0.2, -0.15) is 0 Å². The van der Waals surface area contributed by atoms with Crippen LogP contribution < -0.4 is 14.2 Å². The number of piperidine rings is 1. The maximum atomic E-state index is 14.2. The number of hydrogen-bond donors (Lipinski definition) is 5. The van der Waals surface area contributed by atoms with E-state index in [1.807, 2.05) is 37.4 Å². The summed E-state index contributed by atoms with van der Waals surface area (Å²) < 4.78 is 31.1. The molecule has 14 nitrogen and oxygen atoms in total. The number of carbonyl (C=O) groups is 3. The molecule has 3 aromatic rings. The minimum absolute atomic E-state index is 0.0123. The number of H-pyrrole nitrogens is 1. The Kier molecular flexibility index (Phi) is 14.0. The van der Waals surface area contributed by atoms with Crippen LogP contribution in [0, 0.1) is 11.8 Å². The Balaban J connectivity index is 1.29. The van der Waals surface area contributed by atoms with Gasteiger partial charge < -0.3 is 54.0 Å². The van der Waals surface area contributed by atoms with Gasteiger partial charge in [-0.25, -0.2) is 4.79 Å². The first-order chi connectivity index (χ1) is 30.9. The fraction of sp³-hybridized carbons (Fsp3) is 0.580. The lowest BCUT2D eigenvalue weighted by Crippen LogP contribution is -2.54. The third-order valence-corrected chi connectivity index (χ3v) is 14.6. The fourth-order valence-corrected chi connectivity index (χ4v) is 11.1. The number of likely N-dealkylation sites (tertiary alicyclic amines) is 1. The van der Waals surface area contributed by atoms with Crippen molar-refractivity contribution in [3.05, 3.63) is 69.6 Å². The second-order valence-electron chi connectivity index (χ2n) is 18.5. The van der Waals surface area contributed by atoms with Crippen molar-refractivity contribution < 1.29 is 58.5 Å². The van der Waals surface area contributed by atoms with Gasteiger partial charge in [0.05, 0.1) is 42.6 Å². The molecule has 0 amide bonds. The Bertz CT molecular complexity index is 2290. The maximum Gasteiger partial charge on any atom is 0.375 e. The minimum Gasteiger partial charge on any atom is -0.489 e. The first kappa shape index (κ1) is 46.0. The molecule has 64 heavy (non-hydrogen) atoms. The van der Waals surface area contributed by atoms with Gasteiger partial charge in [0, 0.05) is 73.8 Å². The van der Waals surface area contributed by atoms with Gasteiger partial charge >= 0.3 is 5.97 Å². The number of Topliss-reactive ketones (excluding diaryl/α,β-unsaturated/α-hetero) is 1. The largest absolute Gasteiger partial charge is 0.489 e. The van der Waals surface area contributed by atoms with E-state index >= 15 is 0 Å². The van der Waals surface area contributed by atoms with Crippen LogP contribution in [0.15, 0.2) is 47.4 Å². The van der Waals surface area contributed by atoms with Crippen molar-refractivity contribution in [1.82, 2.24) is 9.88 Å². The van der Waals surface area contributed by atoms with Gasteiger partial charge in [-0.15, -0.1) is 0 Å². The number of methoxy groups -OCH3 is 1. The second kappa shape index (κ2) is 19.5. The lowest BCUT2D eigenvalue weighted by atomic mass is 9.71. The average molecular weight is 885 g/mol. The number of carbonyl (C=O) groups excluding carboxylic acids is 3. The number of aliphatic hydroxyl groups is 4. The van der Waals surface area contributed by atoms with Crippen molar-refractivity contribution >= 4 is 34.5 Å². The van der Waals surface area contributed by atoms with Crippen LogP contribution in [0.5, 0.6) is 17.2 Å². The summed E-state index contributed by atoms with van der Waals surface area (Å²) in [5.41, 5.74) is 2.25. The molecule has 3 fully saturated rings. The molecule has 0 bridgehead atoms. The average Bonchev–Trinajstić information content (AvgIpc) is 3.97. The molecule has 0 spiro atoms. The highest BCUT2D eigenvalue weighted by Crippen LogP contribution is 2.58. The van der Waals surface area contributed by atoms with Crippen LogP contribution in [0.25, 0.3) is 16.5 Å². The zero-order valence-electron chi connectivity index (χ0n) is 37.5. The number of rotatable bonds is 15. The predicted octanol–water partition coefficient (Wildman–Crippen LogP) is 5.84. The first-order valence-electron chi connectivity index (χ1n) is 23.2. The van der Waals surface area contributed by atoms with Crippen molar-refractivity contribution in [2.45, 2.75) is 134 Å². The molecule has 5 aliphatic rings. The summed E-state index contributed by atoms with van der Waals surface area (Å²) in [6.45, 7) is 7.00. The van der Waals surface area contributed by atoms with Crippen LogP contribution >= 0.6 is 0 Å². The van der Waals surface area contributed by atoms with Crippen LogP contribution in [0.3, 0.4) is 0 Å². The van der Waals surface area contributed by atoms with Crippen LogP contribution in [0.4, 0.5) is 0 Å².